The van der Waals surface area contributed by atoms with Gasteiger partial charge in [0, 0.05) is 12.6 Å². The molecule has 212 valence electrons. The Morgan fingerprint density at radius 3 is 2.40 bits per heavy atom. The van der Waals surface area contributed by atoms with E-state index in [2.05, 4.69) is 19.9 Å². The Bertz CT molecular complexity index is 1830. The summed E-state index contributed by atoms with van der Waals surface area (Å²) in [6, 6.07) is 8.75. The van der Waals surface area contributed by atoms with Gasteiger partial charge in [-0.2, -0.15) is 13.5 Å². The Kier molecular flexibility index (Phi) is 8.33. The van der Waals surface area contributed by atoms with Crippen LogP contribution in [0.1, 0.15) is 43.9 Å². The highest BCUT2D eigenvalue weighted by Crippen LogP contribution is 2.39. The molecular weight excluding hydrogens is 561 g/mol. The lowest BCUT2D eigenvalue weighted by Crippen LogP contribution is -2.26. The first kappa shape index (κ1) is 29.2. The largest absolute Gasteiger partial charge is 0.420 e. The van der Waals surface area contributed by atoms with Crippen LogP contribution in [0.5, 0.6) is 0 Å². The van der Waals surface area contributed by atoms with Crippen molar-refractivity contribution in [2.45, 2.75) is 46.6 Å². The van der Waals surface area contributed by atoms with Crippen molar-refractivity contribution in [2.24, 2.45) is 0 Å². The van der Waals surface area contributed by atoms with E-state index in [1.165, 1.54) is 49.0 Å². The maximum Gasteiger partial charge on any atom is 0.341 e. The fourth-order valence-electron chi connectivity index (χ4n) is 4.04. The summed E-state index contributed by atoms with van der Waals surface area (Å²) < 4.78 is 49.8. The Labute approximate surface area is 235 Å². The summed E-state index contributed by atoms with van der Waals surface area (Å²) in [6.45, 7) is 7.23. The van der Waals surface area contributed by atoms with Crippen LogP contribution in [0.2, 0.25) is 5.02 Å². The molecule has 1 aliphatic rings. The van der Waals surface area contributed by atoms with Gasteiger partial charge in [0.05, 0.1) is 33.7 Å². The average Bonchev–Trinajstić information content (AvgIpc) is 3.75. The normalized spacial score (nSPS) is 13.1. The molecular formula is C27H29ClFN5O5S. The van der Waals surface area contributed by atoms with Gasteiger partial charge in [-0.05, 0) is 62.6 Å². The number of hydrogen-bond donors (Lipinski definition) is 3. The second-order valence-corrected chi connectivity index (χ2v) is 11.1. The summed E-state index contributed by atoms with van der Waals surface area (Å²) >= 11 is 6.53. The van der Waals surface area contributed by atoms with Gasteiger partial charge in [-0.3, -0.25) is 9.52 Å². The summed E-state index contributed by atoms with van der Waals surface area (Å²) in [7, 11) is -2.53. The Morgan fingerprint density at radius 2 is 1.80 bits per heavy atom. The summed E-state index contributed by atoms with van der Waals surface area (Å²) in [5.74, 6) is -0.551. The molecule has 0 saturated heterocycles. The highest BCUT2D eigenvalue weighted by molar-refractivity contribution is 7.90. The lowest BCUT2D eigenvalue weighted by molar-refractivity contribution is 0.543. The van der Waals surface area contributed by atoms with Crippen LogP contribution in [0.25, 0.3) is 22.2 Å². The Balaban J connectivity index is 0.00000181. The van der Waals surface area contributed by atoms with Gasteiger partial charge in [-0.1, -0.05) is 31.5 Å². The SMILES string of the molecule is CC.CNS(=O)(=O)Nc1ccc(-c2nn(C3CC3)c(=O)c3c(Nc4ccc(C)cc4F)c(C)c(=O)oc23)c(Cl)c1. The van der Waals surface area contributed by atoms with Crippen LogP contribution in [0.3, 0.4) is 0 Å². The van der Waals surface area contributed by atoms with E-state index in [0.29, 0.717) is 11.1 Å². The van der Waals surface area contributed by atoms with E-state index >= 15 is 0 Å². The van der Waals surface area contributed by atoms with Crippen LogP contribution < -0.4 is 25.9 Å². The number of halogens is 2. The van der Waals surface area contributed by atoms with Gasteiger partial charge in [0.15, 0.2) is 5.58 Å². The predicted octanol–water partition coefficient (Wildman–Crippen LogP) is 5.41. The van der Waals surface area contributed by atoms with Crippen molar-refractivity contribution < 1.29 is 17.2 Å². The van der Waals surface area contributed by atoms with Crippen molar-refractivity contribution in [2.75, 3.05) is 17.1 Å². The molecule has 10 nitrogen and oxygen atoms in total. The first-order chi connectivity index (χ1) is 19.0. The number of nitrogens with zero attached hydrogens (tertiary/aromatic N) is 2. The van der Waals surface area contributed by atoms with Gasteiger partial charge in [-0.25, -0.2) is 18.6 Å². The fraction of sp³-hybridized carbons (Fsp3) is 0.296. The van der Waals surface area contributed by atoms with Gasteiger partial charge < -0.3 is 9.73 Å². The van der Waals surface area contributed by atoms with E-state index in [1.807, 2.05) is 13.8 Å². The molecule has 0 amide bonds. The minimum absolute atomic E-state index is 0.0232. The standard InChI is InChI=1S/C25H23ClFN5O5S.C2H6/c1-12-4-9-19(18(27)10-12)29-21-13(2)25(34)37-23-20(21)24(33)32(15-6-7-15)30-22(23)16-8-5-14(11-17(16)26)31-38(35,36)28-3;1-2/h4-5,8-11,15,28-29,31H,6-7H2,1-3H3;1-2H3. The number of anilines is 3. The number of hydrogen-bond acceptors (Lipinski definition) is 7. The molecule has 0 radical (unpaired) electrons. The lowest BCUT2D eigenvalue weighted by atomic mass is 10.1. The fourth-order valence-corrected chi connectivity index (χ4v) is 4.85. The van der Waals surface area contributed by atoms with Crippen LogP contribution in [0.4, 0.5) is 21.5 Å². The van der Waals surface area contributed by atoms with Gasteiger partial charge in [-0.15, -0.1) is 0 Å². The molecule has 1 saturated carbocycles. The van der Waals surface area contributed by atoms with E-state index in [4.69, 9.17) is 16.0 Å². The molecule has 2 aromatic heterocycles. The molecule has 2 aromatic carbocycles. The van der Waals surface area contributed by atoms with Crippen molar-refractivity contribution in [3.63, 3.8) is 0 Å². The second kappa shape index (κ2) is 11.4. The molecule has 4 aromatic rings. The van der Waals surface area contributed by atoms with Crippen LogP contribution in [0.15, 0.2) is 50.4 Å². The van der Waals surface area contributed by atoms with Crippen LogP contribution >= 0.6 is 11.6 Å². The molecule has 13 heteroatoms. The molecule has 40 heavy (non-hydrogen) atoms. The van der Waals surface area contributed by atoms with Crippen LogP contribution in [-0.4, -0.2) is 25.2 Å². The van der Waals surface area contributed by atoms with E-state index in [1.54, 1.807) is 13.0 Å². The highest BCUT2D eigenvalue weighted by atomic mass is 35.5. The second-order valence-electron chi connectivity index (χ2n) is 9.04. The minimum Gasteiger partial charge on any atom is -0.420 e. The third-order valence-corrected chi connectivity index (χ3v) is 7.57. The zero-order valence-corrected chi connectivity index (χ0v) is 24.1. The molecule has 0 bridgehead atoms. The van der Waals surface area contributed by atoms with E-state index in [-0.39, 0.29) is 50.4 Å². The van der Waals surface area contributed by atoms with Crippen molar-refractivity contribution in [3.05, 3.63) is 79.1 Å². The highest BCUT2D eigenvalue weighted by Gasteiger charge is 2.30. The molecule has 5 rings (SSSR count). The zero-order chi connectivity index (χ0) is 29.4. The summed E-state index contributed by atoms with van der Waals surface area (Å²) in [4.78, 5) is 26.5. The average molecular weight is 590 g/mol. The monoisotopic (exact) mass is 589 g/mol. The molecule has 0 spiro atoms. The summed E-state index contributed by atoms with van der Waals surface area (Å²) in [5, 5.41) is 7.54. The molecule has 1 fully saturated rings. The maximum absolute atomic E-state index is 14.7. The molecule has 1 aliphatic carbocycles. The molecule has 0 unspecified atom stereocenters. The Morgan fingerprint density at radius 1 is 1.10 bits per heavy atom. The van der Waals surface area contributed by atoms with E-state index < -0.39 is 27.2 Å². The molecule has 0 aliphatic heterocycles. The van der Waals surface area contributed by atoms with Gasteiger partial charge in [0.2, 0.25) is 0 Å². The third-order valence-electron chi connectivity index (χ3n) is 6.22. The molecule has 3 N–H and O–H groups in total. The number of rotatable bonds is 7. The van der Waals surface area contributed by atoms with Crippen LogP contribution in [0, 0.1) is 19.7 Å². The van der Waals surface area contributed by atoms with E-state index in [0.717, 1.165) is 12.8 Å². The van der Waals surface area contributed by atoms with Crippen molar-refractivity contribution in [1.82, 2.24) is 14.5 Å². The minimum atomic E-state index is -3.79. The van der Waals surface area contributed by atoms with Crippen molar-refractivity contribution in [1.29, 1.82) is 0 Å². The van der Waals surface area contributed by atoms with Gasteiger partial charge >= 0.3 is 5.63 Å². The first-order valence-corrected chi connectivity index (χ1v) is 14.5. The summed E-state index contributed by atoms with van der Waals surface area (Å²) in [6.07, 6.45) is 1.48. The van der Waals surface area contributed by atoms with Crippen molar-refractivity contribution >= 4 is 49.8 Å². The number of benzene rings is 2. The lowest BCUT2D eigenvalue weighted by Gasteiger charge is -2.16. The first-order valence-electron chi connectivity index (χ1n) is 12.6. The predicted molar refractivity (Wildman–Crippen MR) is 155 cm³/mol. The number of aromatic nitrogens is 2. The van der Waals surface area contributed by atoms with E-state index in [9.17, 15) is 22.4 Å². The molecule has 0 atom stereocenters. The zero-order valence-electron chi connectivity index (χ0n) is 22.6. The van der Waals surface area contributed by atoms with Crippen LogP contribution in [-0.2, 0) is 10.2 Å². The summed E-state index contributed by atoms with van der Waals surface area (Å²) in [5.41, 5.74) is 0.234. The number of fused-ring (bicyclic) bond motifs is 1. The van der Waals surface area contributed by atoms with Gasteiger partial charge in [0.25, 0.3) is 15.8 Å². The maximum atomic E-state index is 14.7. The topological polar surface area (TPSA) is 135 Å². The number of aryl methyl sites for hydroxylation is 1. The third kappa shape index (κ3) is 5.74. The Hall–Kier alpha value is -3.74. The molecule has 2 heterocycles. The number of nitrogens with one attached hydrogen (secondary N) is 3. The quantitative estimate of drug-likeness (QED) is 0.262. The van der Waals surface area contributed by atoms with Crippen molar-refractivity contribution in [3.8, 4) is 11.3 Å². The smallest absolute Gasteiger partial charge is 0.341 e. The van der Waals surface area contributed by atoms with Gasteiger partial charge in [0.1, 0.15) is 16.9 Å².